The van der Waals surface area contributed by atoms with Crippen molar-refractivity contribution in [3.8, 4) is 16.8 Å². The van der Waals surface area contributed by atoms with E-state index in [1.54, 1.807) is 17.0 Å². The van der Waals surface area contributed by atoms with Crippen molar-refractivity contribution in [1.29, 1.82) is 0 Å². The molecule has 0 aliphatic carbocycles. The second-order valence-corrected chi connectivity index (χ2v) is 9.92. The fourth-order valence-electron chi connectivity index (χ4n) is 4.76. The van der Waals surface area contributed by atoms with Crippen LogP contribution in [0.25, 0.3) is 22.9 Å². The highest BCUT2D eigenvalue weighted by Gasteiger charge is 2.35. The molecule has 1 saturated heterocycles. The van der Waals surface area contributed by atoms with E-state index in [4.69, 9.17) is 4.74 Å². The van der Waals surface area contributed by atoms with Crippen molar-refractivity contribution < 1.29 is 18.7 Å². The molecule has 2 aliphatic heterocycles. The van der Waals surface area contributed by atoms with Crippen molar-refractivity contribution >= 4 is 33.8 Å². The molecule has 0 radical (unpaired) electrons. The Morgan fingerprint density at radius 1 is 1.00 bits per heavy atom. The number of fused-ring (bicyclic) bond motifs is 1. The van der Waals surface area contributed by atoms with Crippen LogP contribution in [0.4, 0.5) is 4.39 Å². The number of halogens is 2. The number of hydrogen-bond donors (Lipinski definition) is 0. The van der Waals surface area contributed by atoms with E-state index < -0.39 is 6.23 Å². The van der Waals surface area contributed by atoms with Crippen molar-refractivity contribution in [2.75, 3.05) is 13.2 Å². The lowest BCUT2D eigenvalue weighted by Crippen LogP contribution is -2.31. The summed E-state index contributed by atoms with van der Waals surface area (Å²) in [4.78, 5) is 30.2. The normalized spacial score (nSPS) is 16.6. The van der Waals surface area contributed by atoms with Gasteiger partial charge in [0, 0.05) is 51.5 Å². The molecule has 2 amide bonds. The summed E-state index contributed by atoms with van der Waals surface area (Å²) in [5, 5.41) is 1.47. The van der Waals surface area contributed by atoms with Crippen LogP contribution in [0.3, 0.4) is 0 Å². The zero-order valence-electron chi connectivity index (χ0n) is 19.6. The van der Waals surface area contributed by atoms with Gasteiger partial charge in [0.15, 0.2) is 6.23 Å². The third kappa shape index (κ3) is 4.65. The Labute approximate surface area is 220 Å². The van der Waals surface area contributed by atoms with Crippen LogP contribution in [-0.2, 0) is 20.7 Å². The Hall–Kier alpha value is -3.88. The highest BCUT2D eigenvalue weighted by Crippen LogP contribution is 2.37. The second-order valence-electron chi connectivity index (χ2n) is 9.01. The number of hydrogen-bond acceptors (Lipinski definition) is 3. The predicted octanol–water partition coefficient (Wildman–Crippen LogP) is 4.09. The van der Waals surface area contributed by atoms with E-state index in [1.165, 1.54) is 18.2 Å². The molecule has 4 aromatic rings. The van der Waals surface area contributed by atoms with E-state index in [1.807, 2.05) is 59.4 Å². The van der Waals surface area contributed by atoms with Crippen LogP contribution in [0.1, 0.15) is 17.4 Å². The molecule has 3 heterocycles. The van der Waals surface area contributed by atoms with Crippen molar-refractivity contribution in [3.05, 3.63) is 111 Å². The molecule has 8 heteroatoms. The standard InChI is InChI=1S/C29H21BrFN3O3/c30-21-4-8-23(9-5-21)33-15-24(19-2-6-22(31)7-3-19)25(16-33)29-34(28(36)17-37-29)12-11-18-1-10-26-20(13-18)14-27(35)32-26/h1-10,13-16,29H,11-12,17H2/t29-/m0/s1. The fraction of sp³-hybridized carbons (Fsp3) is 0.138. The van der Waals surface area contributed by atoms with E-state index in [0.717, 1.165) is 37.6 Å². The first kappa shape index (κ1) is 23.5. The largest absolute Gasteiger partial charge is 0.344 e. The summed E-state index contributed by atoms with van der Waals surface area (Å²) < 4.78 is 22.6. The zero-order valence-corrected chi connectivity index (χ0v) is 21.2. The van der Waals surface area contributed by atoms with Crippen LogP contribution in [0.15, 0.2) is 88.6 Å². The molecular formula is C29H21BrFN3O3. The van der Waals surface area contributed by atoms with Gasteiger partial charge in [-0.2, -0.15) is 0 Å². The van der Waals surface area contributed by atoms with Crippen molar-refractivity contribution in [1.82, 2.24) is 9.47 Å². The van der Waals surface area contributed by atoms with Crippen LogP contribution in [-0.4, -0.2) is 34.4 Å². The van der Waals surface area contributed by atoms with Gasteiger partial charge in [0.25, 0.3) is 11.8 Å². The lowest BCUT2D eigenvalue weighted by atomic mass is 10.0. The monoisotopic (exact) mass is 557 g/mol. The summed E-state index contributed by atoms with van der Waals surface area (Å²) in [6, 6.07) is 19.9. The number of rotatable bonds is 6. The first-order valence-corrected chi connectivity index (χ1v) is 12.6. The van der Waals surface area contributed by atoms with Gasteiger partial charge in [0.1, 0.15) is 12.4 Å². The lowest BCUT2D eigenvalue weighted by molar-refractivity contribution is -0.128. The summed E-state index contributed by atoms with van der Waals surface area (Å²) >= 11 is 3.47. The molecule has 0 saturated carbocycles. The third-order valence-electron chi connectivity index (χ3n) is 6.61. The molecule has 3 aromatic carbocycles. The van der Waals surface area contributed by atoms with Gasteiger partial charge in [-0.05, 0) is 66.1 Å². The minimum Gasteiger partial charge on any atom is -0.344 e. The Morgan fingerprint density at radius 3 is 2.57 bits per heavy atom. The van der Waals surface area contributed by atoms with Gasteiger partial charge in [-0.3, -0.25) is 9.59 Å². The molecule has 0 unspecified atom stereocenters. The Morgan fingerprint density at radius 2 is 1.78 bits per heavy atom. The average Bonchev–Trinajstić information content (AvgIpc) is 3.59. The summed E-state index contributed by atoms with van der Waals surface area (Å²) in [5.41, 5.74) is 4.47. The molecule has 1 aromatic heterocycles. The molecule has 6 rings (SSSR count). The Kier molecular flexibility index (Phi) is 6.06. The summed E-state index contributed by atoms with van der Waals surface area (Å²) in [6.45, 7) is 0.433. The molecule has 184 valence electrons. The van der Waals surface area contributed by atoms with Gasteiger partial charge < -0.3 is 14.2 Å². The summed E-state index contributed by atoms with van der Waals surface area (Å²) in [5.74, 6) is -0.657. The zero-order chi connectivity index (χ0) is 25.5. The Bertz CT molecular complexity index is 1650. The molecule has 0 bridgehead atoms. The van der Waals surface area contributed by atoms with Crippen LogP contribution < -0.4 is 10.6 Å². The van der Waals surface area contributed by atoms with Gasteiger partial charge in [-0.1, -0.05) is 34.1 Å². The van der Waals surface area contributed by atoms with Gasteiger partial charge >= 0.3 is 0 Å². The third-order valence-corrected chi connectivity index (χ3v) is 7.14. The fourth-order valence-corrected chi connectivity index (χ4v) is 5.03. The molecule has 1 atom stereocenters. The summed E-state index contributed by atoms with van der Waals surface area (Å²) in [7, 11) is 0. The quantitative estimate of drug-likeness (QED) is 0.359. The predicted molar refractivity (Wildman–Crippen MR) is 140 cm³/mol. The molecule has 37 heavy (non-hydrogen) atoms. The minimum absolute atomic E-state index is 0.0116. The maximum absolute atomic E-state index is 13.7. The topological polar surface area (TPSA) is 63.9 Å². The number of benzene rings is 3. The Balaban J connectivity index is 1.34. The molecule has 2 aliphatic rings. The number of ether oxygens (including phenoxy) is 1. The van der Waals surface area contributed by atoms with E-state index in [0.29, 0.717) is 18.3 Å². The van der Waals surface area contributed by atoms with Gasteiger partial charge in [0.05, 0.1) is 5.36 Å². The average molecular weight is 558 g/mol. The number of carbonyl (C=O) groups excluding carboxylic acids is 2. The highest BCUT2D eigenvalue weighted by molar-refractivity contribution is 9.10. The van der Waals surface area contributed by atoms with Crippen LogP contribution in [0.2, 0.25) is 0 Å². The number of aromatic nitrogens is 1. The van der Waals surface area contributed by atoms with Crippen LogP contribution in [0, 0.1) is 5.82 Å². The van der Waals surface area contributed by atoms with Gasteiger partial charge in [-0.15, -0.1) is 0 Å². The van der Waals surface area contributed by atoms with Gasteiger partial charge in [-0.25, -0.2) is 9.38 Å². The lowest BCUT2D eigenvalue weighted by Gasteiger charge is -2.24. The maximum Gasteiger partial charge on any atom is 0.270 e. The molecular weight excluding hydrogens is 537 g/mol. The van der Waals surface area contributed by atoms with Crippen LogP contribution >= 0.6 is 15.9 Å². The maximum atomic E-state index is 13.7. The van der Waals surface area contributed by atoms with Gasteiger partial charge in [0.2, 0.25) is 0 Å². The van der Waals surface area contributed by atoms with Crippen LogP contribution in [0.5, 0.6) is 0 Å². The first-order chi connectivity index (χ1) is 17.9. The van der Waals surface area contributed by atoms with E-state index >= 15 is 0 Å². The summed E-state index contributed by atoms with van der Waals surface area (Å²) in [6.07, 6.45) is 5.48. The van der Waals surface area contributed by atoms with Crippen molar-refractivity contribution in [3.63, 3.8) is 0 Å². The van der Waals surface area contributed by atoms with E-state index in [2.05, 4.69) is 20.9 Å². The minimum atomic E-state index is -0.582. The molecule has 0 spiro atoms. The second kappa shape index (κ2) is 9.53. The smallest absolute Gasteiger partial charge is 0.270 e. The first-order valence-electron chi connectivity index (χ1n) is 11.8. The number of amides is 2. The van der Waals surface area contributed by atoms with E-state index in [-0.39, 0.29) is 24.2 Å². The number of carbonyl (C=O) groups is 2. The van der Waals surface area contributed by atoms with Crippen molar-refractivity contribution in [2.45, 2.75) is 12.6 Å². The molecule has 1 fully saturated rings. The SMILES string of the molecule is O=C1C=c2cc(CCN3C(=O)CO[C@H]3c3cn(-c4ccc(Br)cc4)cc3-c3ccc(F)cc3)ccc2=N1. The van der Waals surface area contributed by atoms with E-state index in [9.17, 15) is 14.0 Å². The molecule has 0 N–H and O–H groups in total. The highest BCUT2D eigenvalue weighted by atomic mass is 79.9. The molecule has 6 nitrogen and oxygen atoms in total. The number of nitrogens with zero attached hydrogens (tertiary/aromatic N) is 3. The van der Waals surface area contributed by atoms with Crippen molar-refractivity contribution in [2.24, 2.45) is 4.99 Å².